The van der Waals surface area contributed by atoms with Crippen molar-refractivity contribution < 1.29 is 0 Å². The Kier molecular flexibility index (Phi) is 8.91. The third kappa shape index (κ3) is 5.25. The Morgan fingerprint density at radius 2 is 1.38 bits per heavy atom. The van der Waals surface area contributed by atoms with Gasteiger partial charge in [0.1, 0.15) is 0 Å². The topological polar surface area (TPSA) is 49.6 Å². The molecule has 1 heterocycles. The first-order chi connectivity index (χ1) is 10.2. The first kappa shape index (κ1) is 18.4. The van der Waals surface area contributed by atoms with Crippen LogP contribution < -0.4 is 3.71 Å². The number of nitriles is 1. The molecular formula is C17H29N3Sn. The maximum absolute atomic E-state index is 9.44. The Bertz CT molecular complexity index is 432. The van der Waals surface area contributed by atoms with Crippen molar-refractivity contribution in [1.29, 1.82) is 5.26 Å². The van der Waals surface area contributed by atoms with Gasteiger partial charge in [-0.1, -0.05) is 0 Å². The van der Waals surface area contributed by atoms with Crippen molar-refractivity contribution in [3.8, 4) is 6.07 Å². The average Bonchev–Trinajstić information content (AvgIpc) is 2.54. The van der Waals surface area contributed by atoms with E-state index in [1.54, 1.807) is 12.4 Å². The van der Waals surface area contributed by atoms with Gasteiger partial charge in [-0.15, -0.1) is 0 Å². The van der Waals surface area contributed by atoms with E-state index in [2.05, 4.69) is 36.8 Å². The summed E-state index contributed by atoms with van der Waals surface area (Å²) < 4.78 is 5.15. The van der Waals surface area contributed by atoms with Gasteiger partial charge in [0.25, 0.3) is 0 Å². The molecule has 0 saturated heterocycles. The summed E-state index contributed by atoms with van der Waals surface area (Å²) in [6, 6.07) is 2.31. The molecule has 0 fully saturated rings. The molecule has 3 nitrogen and oxygen atoms in total. The standard InChI is InChI=1S/C5H2N3.3C4H9.Sn/c6-3-5-4-7-1-2-8-5;3*1-3-4-2;/h1-2H;3*1,3-4H2,2H3;. The summed E-state index contributed by atoms with van der Waals surface area (Å²) >= 11 is -2.59. The van der Waals surface area contributed by atoms with Gasteiger partial charge in [0.05, 0.1) is 0 Å². The van der Waals surface area contributed by atoms with E-state index in [-0.39, 0.29) is 0 Å². The van der Waals surface area contributed by atoms with E-state index in [1.165, 1.54) is 51.8 Å². The third-order valence-corrected chi connectivity index (χ3v) is 19.5. The van der Waals surface area contributed by atoms with Crippen LogP contribution in [0.25, 0.3) is 0 Å². The fourth-order valence-electron chi connectivity index (χ4n) is 3.08. The number of hydrogen-bond acceptors (Lipinski definition) is 3. The van der Waals surface area contributed by atoms with Gasteiger partial charge in [0.2, 0.25) is 0 Å². The van der Waals surface area contributed by atoms with Crippen LogP contribution in [0.1, 0.15) is 65.0 Å². The molecule has 0 unspecified atom stereocenters. The number of aromatic nitrogens is 2. The van der Waals surface area contributed by atoms with Crippen LogP contribution in [-0.4, -0.2) is 28.3 Å². The molecule has 0 bridgehead atoms. The molecular weight excluding hydrogens is 365 g/mol. The van der Waals surface area contributed by atoms with Crippen LogP contribution in [0.2, 0.25) is 13.3 Å². The number of hydrogen-bond donors (Lipinski definition) is 0. The molecule has 0 radical (unpaired) electrons. The molecule has 4 heteroatoms. The Labute approximate surface area is 134 Å². The second kappa shape index (κ2) is 10.2. The Morgan fingerprint density at radius 1 is 0.905 bits per heavy atom. The van der Waals surface area contributed by atoms with Crippen LogP contribution in [0.4, 0.5) is 0 Å². The van der Waals surface area contributed by atoms with E-state index in [0.717, 1.165) is 3.71 Å². The molecule has 0 amide bonds. The zero-order chi connectivity index (χ0) is 15.6. The summed E-state index contributed by atoms with van der Waals surface area (Å²) in [5, 5.41) is 9.44. The summed E-state index contributed by atoms with van der Waals surface area (Å²) in [4.78, 5) is 9.01. The summed E-state index contributed by atoms with van der Waals surface area (Å²) in [6.07, 6.45) is 11.0. The molecule has 0 atom stereocenters. The Balaban J connectivity index is 3.20. The van der Waals surface area contributed by atoms with Crippen molar-refractivity contribution in [3.05, 3.63) is 18.1 Å². The molecule has 1 aromatic heterocycles. The summed E-state index contributed by atoms with van der Waals surface area (Å²) in [5.41, 5.74) is 0.622. The van der Waals surface area contributed by atoms with Gasteiger partial charge in [-0.05, 0) is 0 Å². The molecule has 21 heavy (non-hydrogen) atoms. The van der Waals surface area contributed by atoms with E-state index in [9.17, 15) is 5.26 Å². The molecule has 0 aliphatic rings. The van der Waals surface area contributed by atoms with Crippen molar-refractivity contribution >= 4 is 22.1 Å². The first-order valence-electron chi connectivity index (χ1n) is 8.45. The van der Waals surface area contributed by atoms with E-state index in [0.29, 0.717) is 5.69 Å². The van der Waals surface area contributed by atoms with Crippen molar-refractivity contribution in [3.63, 3.8) is 0 Å². The SMILES string of the molecule is CCC[CH2][Sn]([CH2]CCC)([CH2]CCC)[c]1nccnc1C#N. The predicted molar refractivity (Wildman–Crippen MR) is 91.3 cm³/mol. The van der Waals surface area contributed by atoms with Crippen LogP contribution in [0.5, 0.6) is 0 Å². The molecule has 1 rings (SSSR count). The monoisotopic (exact) mass is 395 g/mol. The van der Waals surface area contributed by atoms with Crippen LogP contribution in [-0.2, 0) is 0 Å². The molecule has 0 aliphatic heterocycles. The van der Waals surface area contributed by atoms with Crippen LogP contribution in [0.15, 0.2) is 12.4 Å². The quantitative estimate of drug-likeness (QED) is 0.553. The van der Waals surface area contributed by atoms with E-state index in [4.69, 9.17) is 0 Å². The molecule has 0 saturated carbocycles. The van der Waals surface area contributed by atoms with Crippen LogP contribution >= 0.6 is 0 Å². The maximum atomic E-state index is 9.44. The second-order valence-electron chi connectivity index (χ2n) is 5.96. The molecule has 0 N–H and O–H groups in total. The molecule has 1 aromatic rings. The number of unbranched alkanes of at least 4 members (excludes halogenated alkanes) is 3. The molecule has 116 valence electrons. The van der Waals surface area contributed by atoms with Crippen molar-refractivity contribution in [2.75, 3.05) is 0 Å². The molecule has 0 spiro atoms. The number of rotatable bonds is 10. The zero-order valence-electron chi connectivity index (χ0n) is 13.9. The fourth-order valence-corrected chi connectivity index (χ4v) is 18.8. The van der Waals surface area contributed by atoms with Gasteiger partial charge in [0.15, 0.2) is 0 Å². The summed E-state index contributed by atoms with van der Waals surface area (Å²) in [5.74, 6) is 0. The van der Waals surface area contributed by atoms with Gasteiger partial charge >= 0.3 is 134 Å². The zero-order valence-corrected chi connectivity index (χ0v) is 16.7. The summed E-state index contributed by atoms with van der Waals surface area (Å²) in [6.45, 7) is 6.79. The average molecular weight is 394 g/mol. The van der Waals surface area contributed by atoms with Crippen molar-refractivity contribution in [1.82, 2.24) is 9.97 Å². The van der Waals surface area contributed by atoms with E-state index >= 15 is 0 Å². The van der Waals surface area contributed by atoms with Crippen molar-refractivity contribution in [2.24, 2.45) is 0 Å². The van der Waals surface area contributed by atoms with Crippen LogP contribution in [0.3, 0.4) is 0 Å². The Morgan fingerprint density at radius 3 is 1.81 bits per heavy atom. The van der Waals surface area contributed by atoms with Gasteiger partial charge in [0, 0.05) is 0 Å². The van der Waals surface area contributed by atoms with E-state index < -0.39 is 18.4 Å². The second-order valence-corrected chi connectivity index (χ2v) is 18.9. The van der Waals surface area contributed by atoms with Crippen LogP contribution in [0, 0.1) is 11.3 Å². The van der Waals surface area contributed by atoms with Gasteiger partial charge in [-0.2, -0.15) is 0 Å². The Hall–Kier alpha value is -0.631. The predicted octanol–water partition coefficient (Wildman–Crippen LogP) is 4.40. The summed E-state index contributed by atoms with van der Waals surface area (Å²) in [7, 11) is 0. The van der Waals surface area contributed by atoms with E-state index in [1.807, 2.05) is 0 Å². The fraction of sp³-hybridized carbons (Fsp3) is 0.706. The van der Waals surface area contributed by atoms with Crippen molar-refractivity contribution in [2.45, 2.75) is 72.6 Å². The minimum absolute atomic E-state index is 0.622. The van der Waals surface area contributed by atoms with Gasteiger partial charge < -0.3 is 0 Å². The van der Waals surface area contributed by atoms with Gasteiger partial charge in [-0.25, -0.2) is 0 Å². The minimum atomic E-state index is -2.59. The first-order valence-corrected chi connectivity index (χ1v) is 15.9. The van der Waals surface area contributed by atoms with Gasteiger partial charge in [-0.3, -0.25) is 0 Å². The third-order valence-electron chi connectivity index (χ3n) is 4.33. The molecule has 0 aliphatic carbocycles. The molecule has 0 aromatic carbocycles. The number of nitrogens with zero attached hydrogens (tertiary/aromatic N) is 3. The normalized spacial score (nSPS) is 11.3.